The van der Waals surface area contributed by atoms with E-state index < -0.39 is 20.2 Å². The zero-order valence-electron chi connectivity index (χ0n) is 25.9. The Morgan fingerprint density at radius 2 is 1.08 bits per heavy atom. The molecule has 7 aromatic carbocycles. The van der Waals surface area contributed by atoms with Crippen LogP contribution in [0.3, 0.4) is 0 Å². The van der Waals surface area contributed by atoms with Gasteiger partial charge in [0.05, 0.1) is 16.7 Å². The van der Waals surface area contributed by atoms with Gasteiger partial charge in [0.15, 0.2) is 0 Å². The summed E-state index contributed by atoms with van der Waals surface area (Å²) in [7, 11) is 0. The van der Waals surface area contributed by atoms with Crippen molar-refractivity contribution in [3.63, 3.8) is 0 Å². The molecule has 0 amide bonds. The summed E-state index contributed by atoms with van der Waals surface area (Å²) >= 11 is -1.83. The van der Waals surface area contributed by atoms with Gasteiger partial charge in [-0.3, -0.25) is 4.57 Å². The van der Waals surface area contributed by atoms with E-state index in [0.717, 1.165) is 38.8 Å². The molecule has 3 nitrogen and oxygen atoms in total. The van der Waals surface area contributed by atoms with Crippen LogP contribution in [0.2, 0.25) is 0 Å². The molecule has 0 aliphatic rings. The van der Waals surface area contributed by atoms with E-state index in [1.54, 1.807) is 0 Å². The van der Waals surface area contributed by atoms with E-state index in [1.165, 1.54) is 15.9 Å². The maximum absolute atomic E-state index is 4.92. The summed E-state index contributed by atoms with van der Waals surface area (Å²) < 4.78 is 8.70. The molecule has 9 aromatic rings. The Morgan fingerprint density at radius 1 is 0.521 bits per heavy atom. The molecule has 0 aliphatic heterocycles. The summed E-state index contributed by atoms with van der Waals surface area (Å²) in [6.45, 7) is 0. The fraction of sp³-hybridized carbons (Fsp3) is 0. The quantitative estimate of drug-likeness (QED) is 0.104. The van der Waals surface area contributed by atoms with Gasteiger partial charge in [-0.25, -0.2) is 0 Å². The van der Waals surface area contributed by atoms with Crippen LogP contribution in [0.15, 0.2) is 182 Å². The van der Waals surface area contributed by atoms with E-state index in [4.69, 9.17) is 4.98 Å². The zero-order valence-corrected chi connectivity index (χ0v) is 30.8. The van der Waals surface area contributed by atoms with Gasteiger partial charge in [-0.15, -0.1) is 11.0 Å². The second kappa shape index (κ2) is 14.6. The number of imidazole rings is 1. The molecule has 0 bridgehead atoms. The van der Waals surface area contributed by atoms with Crippen molar-refractivity contribution in [2.24, 2.45) is 0 Å². The van der Waals surface area contributed by atoms with Crippen LogP contribution in [0.4, 0.5) is 0 Å². The van der Waals surface area contributed by atoms with E-state index in [9.17, 15) is 0 Å². The summed E-state index contributed by atoms with van der Waals surface area (Å²) in [6.07, 6.45) is 3.52. The van der Waals surface area contributed by atoms with Crippen molar-refractivity contribution in [1.82, 2.24) is 9.55 Å². The Bertz CT molecular complexity index is 2310. The van der Waals surface area contributed by atoms with Crippen LogP contribution in [0.25, 0.3) is 44.2 Å². The van der Waals surface area contributed by atoms with Crippen molar-refractivity contribution >= 4 is 63.6 Å². The molecular weight excluding hydrogens is 875 g/mol. The summed E-state index contributed by atoms with van der Waals surface area (Å²) in [4.78, 5) is 4.92. The molecule has 2 aromatic heterocycles. The van der Waals surface area contributed by atoms with Crippen LogP contribution in [0, 0.1) is 12.4 Å². The van der Waals surface area contributed by atoms with Gasteiger partial charge in [0.2, 0.25) is 0 Å². The fourth-order valence-corrected chi connectivity index (χ4v) is 12.7. The number of benzene rings is 7. The number of aromatic nitrogens is 3. The van der Waals surface area contributed by atoms with Crippen molar-refractivity contribution in [1.29, 1.82) is 0 Å². The van der Waals surface area contributed by atoms with Gasteiger partial charge in [-0.2, -0.15) is 30.3 Å². The van der Waals surface area contributed by atoms with Crippen LogP contribution in [0.5, 0.6) is 0 Å². The predicted octanol–water partition coefficient (Wildman–Crippen LogP) is 6.97. The first kappa shape index (κ1) is 31.9. The molecular formula is C43H30N3PtSb-2. The van der Waals surface area contributed by atoms with Gasteiger partial charge < -0.3 is 9.55 Å². The molecule has 0 fully saturated rings. The molecule has 0 unspecified atom stereocenters. The molecule has 0 radical (unpaired) electrons. The van der Waals surface area contributed by atoms with Gasteiger partial charge in [0.1, 0.15) is 0 Å². The molecule has 5 heteroatoms. The number of fused-ring (bicyclic) bond motifs is 4. The number of rotatable bonds is 5. The zero-order chi connectivity index (χ0) is 31.4. The first-order valence-electron chi connectivity index (χ1n) is 15.7. The van der Waals surface area contributed by atoms with Crippen molar-refractivity contribution < 1.29 is 25.6 Å². The molecule has 48 heavy (non-hydrogen) atoms. The molecule has 234 valence electrons. The second-order valence-corrected chi connectivity index (χ2v) is 17.5. The van der Waals surface area contributed by atoms with Gasteiger partial charge in [0.25, 0.3) is 6.33 Å². The van der Waals surface area contributed by atoms with Crippen LogP contribution in [-0.4, -0.2) is 24.8 Å². The van der Waals surface area contributed by atoms with Crippen LogP contribution < -0.4 is 20.1 Å². The SMILES string of the molecule is [Pt].[c-]1ccccc1-n1[c-][n+](-c2cccc3c2[n-]c2ccccc23)c2ccccc21.c1cc[c]([Sb]([c]2ccccc2)[c]2ccccc2)cc1. The summed E-state index contributed by atoms with van der Waals surface area (Å²) in [5.41, 5.74) is 6.16. The molecule has 0 spiro atoms. The number of nitrogens with zero attached hydrogens (tertiary/aromatic N) is 3. The monoisotopic (exact) mass is 904 g/mol. The van der Waals surface area contributed by atoms with Crippen LogP contribution >= 0.6 is 0 Å². The third-order valence-electron chi connectivity index (χ3n) is 8.22. The summed E-state index contributed by atoms with van der Waals surface area (Å²) in [5, 5.41) is 2.34. The van der Waals surface area contributed by atoms with Crippen molar-refractivity contribution in [2.75, 3.05) is 0 Å². The van der Waals surface area contributed by atoms with Crippen LogP contribution in [-0.2, 0) is 21.1 Å². The van der Waals surface area contributed by atoms with Crippen molar-refractivity contribution in [3.8, 4) is 11.4 Å². The molecule has 0 N–H and O–H groups in total. The Morgan fingerprint density at radius 3 is 1.73 bits per heavy atom. The van der Waals surface area contributed by atoms with E-state index in [1.807, 2.05) is 30.3 Å². The van der Waals surface area contributed by atoms with Crippen molar-refractivity contribution in [3.05, 3.63) is 194 Å². The fourth-order valence-electron chi connectivity index (χ4n) is 6.08. The van der Waals surface area contributed by atoms with Crippen LogP contribution in [0.1, 0.15) is 0 Å². The van der Waals surface area contributed by atoms with Gasteiger partial charge in [-0.05, 0) is 16.5 Å². The number of hydrogen-bond acceptors (Lipinski definition) is 0. The Kier molecular flexibility index (Phi) is 9.71. The minimum atomic E-state index is -1.83. The van der Waals surface area contributed by atoms with Gasteiger partial charge in [-0.1, -0.05) is 66.7 Å². The number of hydrogen-bond donors (Lipinski definition) is 0. The second-order valence-electron chi connectivity index (χ2n) is 11.2. The summed E-state index contributed by atoms with van der Waals surface area (Å²) in [6, 6.07) is 67.1. The van der Waals surface area contributed by atoms with Gasteiger partial charge in [0, 0.05) is 21.1 Å². The first-order chi connectivity index (χ1) is 23.3. The average molecular weight is 906 g/mol. The van der Waals surface area contributed by atoms with E-state index in [2.05, 4.69) is 173 Å². The molecule has 0 aliphatic carbocycles. The molecule has 9 rings (SSSR count). The minimum absolute atomic E-state index is 0. The van der Waals surface area contributed by atoms with E-state index in [0.29, 0.717) is 0 Å². The third kappa shape index (κ3) is 6.29. The van der Waals surface area contributed by atoms with Crippen molar-refractivity contribution in [2.45, 2.75) is 0 Å². The molecule has 0 saturated carbocycles. The molecule has 0 saturated heterocycles. The van der Waals surface area contributed by atoms with Gasteiger partial charge >= 0.3 is 122 Å². The summed E-state index contributed by atoms with van der Waals surface area (Å²) in [5.74, 6) is 0. The predicted molar refractivity (Wildman–Crippen MR) is 195 cm³/mol. The first-order valence-corrected chi connectivity index (χ1v) is 19.5. The molecule has 0 atom stereocenters. The maximum atomic E-state index is 4.92. The Labute approximate surface area is 302 Å². The normalized spacial score (nSPS) is 10.9. The Balaban J connectivity index is 0.000000160. The van der Waals surface area contributed by atoms with E-state index >= 15 is 0 Å². The standard InChI is InChI=1S/C25H15N3.3C6H5.Pt.Sb/c1-2-9-18(10-3-1)27-17-28(23-15-7-6-14-22(23)27)24-16-8-12-20-19-11-4-5-13-21(19)26-25(20)24;3*1-2-4-6-5-3-1;;/h1-9,11-16H;3*1-5H;;/q-2;;;;;. The average Bonchev–Trinajstić information content (AvgIpc) is 3.73. The van der Waals surface area contributed by atoms with E-state index in [-0.39, 0.29) is 21.1 Å². The third-order valence-corrected chi connectivity index (χ3v) is 15.2. The molecule has 2 heterocycles. The Hall–Kier alpha value is -4.68. The number of para-hydroxylation sites is 5. The topological polar surface area (TPSA) is 22.9 Å².